The first kappa shape index (κ1) is 15.5. The topological polar surface area (TPSA) is 67.4 Å². The van der Waals surface area contributed by atoms with Gasteiger partial charge in [-0.25, -0.2) is 9.97 Å². The average Bonchev–Trinajstić information content (AvgIpc) is 2.88. The third-order valence-corrected chi connectivity index (χ3v) is 4.58. The molecule has 0 spiro atoms. The minimum Gasteiger partial charge on any atom is -0.378 e. The van der Waals surface area contributed by atoms with Crippen molar-refractivity contribution in [1.29, 1.82) is 0 Å². The van der Waals surface area contributed by atoms with Crippen LogP contribution in [0.4, 0.5) is 11.6 Å². The summed E-state index contributed by atoms with van der Waals surface area (Å²) >= 11 is 12.9. The van der Waals surface area contributed by atoms with Crippen LogP contribution in [0, 0.1) is 0 Å². The number of nitrogens with zero attached hydrogens (tertiary/aromatic N) is 3. The second kappa shape index (κ2) is 6.78. The van der Waals surface area contributed by atoms with Crippen molar-refractivity contribution in [2.75, 3.05) is 36.5 Å². The Bertz CT molecular complexity index is 671. The van der Waals surface area contributed by atoms with Gasteiger partial charge in [0.1, 0.15) is 4.34 Å². The lowest BCUT2D eigenvalue weighted by Gasteiger charge is -2.26. The molecule has 0 radical (unpaired) electrons. The normalized spacial score (nSPS) is 14.9. The number of carbonyl (C=O) groups excluding carboxylic acids is 1. The fourth-order valence-corrected chi connectivity index (χ4v) is 3.46. The van der Waals surface area contributed by atoms with Crippen molar-refractivity contribution in [1.82, 2.24) is 9.97 Å². The lowest BCUT2D eigenvalue weighted by atomic mass is 10.3. The Kier molecular flexibility index (Phi) is 4.77. The number of carbonyl (C=O) groups is 1. The standard InChI is InChI=1S/C13H12Cl2N4O2S/c14-10-5-9(11(15)22-10)12(20)18-8-6-16-13(17-7-8)19-1-3-21-4-2-19/h5-7H,1-4H2,(H,18,20). The molecule has 2 aromatic heterocycles. The zero-order valence-corrected chi connectivity index (χ0v) is 13.7. The summed E-state index contributed by atoms with van der Waals surface area (Å²) in [6, 6.07) is 1.53. The van der Waals surface area contributed by atoms with Crippen molar-refractivity contribution in [3.63, 3.8) is 0 Å². The first-order valence-corrected chi connectivity index (χ1v) is 8.11. The minimum absolute atomic E-state index is 0.337. The van der Waals surface area contributed by atoms with E-state index >= 15 is 0 Å². The predicted molar refractivity (Wildman–Crippen MR) is 87.4 cm³/mol. The van der Waals surface area contributed by atoms with E-state index in [0.29, 0.717) is 39.1 Å². The summed E-state index contributed by atoms with van der Waals surface area (Å²) in [4.78, 5) is 22.7. The Balaban J connectivity index is 1.68. The molecule has 1 fully saturated rings. The van der Waals surface area contributed by atoms with E-state index in [1.807, 2.05) is 4.90 Å². The molecule has 1 aliphatic rings. The van der Waals surface area contributed by atoms with Gasteiger partial charge in [-0.15, -0.1) is 11.3 Å². The lowest BCUT2D eigenvalue weighted by Crippen LogP contribution is -2.37. The molecule has 0 aliphatic carbocycles. The van der Waals surface area contributed by atoms with E-state index in [1.165, 1.54) is 6.07 Å². The van der Waals surface area contributed by atoms with Gasteiger partial charge in [0.05, 0.1) is 41.2 Å². The molecule has 1 amide bonds. The molecule has 0 saturated carbocycles. The monoisotopic (exact) mass is 358 g/mol. The van der Waals surface area contributed by atoms with E-state index in [4.69, 9.17) is 27.9 Å². The number of aromatic nitrogens is 2. The van der Waals surface area contributed by atoms with Crippen molar-refractivity contribution in [3.8, 4) is 0 Å². The molecular weight excluding hydrogens is 347 g/mol. The third-order valence-electron chi connectivity index (χ3n) is 3.09. The Morgan fingerprint density at radius 1 is 1.27 bits per heavy atom. The number of ether oxygens (including phenoxy) is 1. The molecule has 1 aliphatic heterocycles. The molecule has 1 N–H and O–H groups in total. The Morgan fingerprint density at radius 2 is 1.95 bits per heavy atom. The van der Waals surface area contributed by atoms with Crippen LogP contribution in [0.25, 0.3) is 0 Å². The summed E-state index contributed by atoms with van der Waals surface area (Å²) in [5.41, 5.74) is 0.842. The molecule has 3 rings (SSSR count). The summed E-state index contributed by atoms with van der Waals surface area (Å²) < 4.78 is 6.10. The van der Waals surface area contributed by atoms with Crippen molar-refractivity contribution < 1.29 is 9.53 Å². The number of rotatable bonds is 3. The van der Waals surface area contributed by atoms with Crippen molar-refractivity contribution >= 4 is 52.1 Å². The van der Waals surface area contributed by atoms with Crippen LogP contribution < -0.4 is 10.2 Å². The number of thiophene rings is 1. The second-order valence-electron chi connectivity index (χ2n) is 4.56. The fraction of sp³-hybridized carbons (Fsp3) is 0.308. The Labute approximate surface area is 141 Å². The lowest BCUT2D eigenvalue weighted by molar-refractivity contribution is 0.102. The van der Waals surface area contributed by atoms with Crippen LogP contribution in [0.1, 0.15) is 10.4 Å². The largest absolute Gasteiger partial charge is 0.378 e. The number of nitrogens with one attached hydrogen (secondary N) is 1. The Hall–Kier alpha value is -1.41. The van der Waals surface area contributed by atoms with E-state index in [0.717, 1.165) is 24.4 Å². The zero-order valence-electron chi connectivity index (χ0n) is 11.4. The highest BCUT2D eigenvalue weighted by molar-refractivity contribution is 7.20. The molecular formula is C13H12Cl2N4O2S. The van der Waals surface area contributed by atoms with E-state index in [-0.39, 0.29) is 5.91 Å². The highest BCUT2D eigenvalue weighted by Crippen LogP contribution is 2.31. The number of anilines is 2. The van der Waals surface area contributed by atoms with Gasteiger partial charge in [0.25, 0.3) is 5.91 Å². The number of hydrogen-bond donors (Lipinski definition) is 1. The molecule has 6 nitrogen and oxygen atoms in total. The summed E-state index contributed by atoms with van der Waals surface area (Å²) in [5.74, 6) is 0.286. The van der Waals surface area contributed by atoms with Crippen molar-refractivity contribution in [3.05, 3.63) is 32.7 Å². The fourth-order valence-electron chi connectivity index (χ4n) is 2.01. The van der Waals surface area contributed by atoms with Gasteiger partial charge in [-0.2, -0.15) is 0 Å². The molecule has 1 saturated heterocycles. The third kappa shape index (κ3) is 3.49. The van der Waals surface area contributed by atoms with Gasteiger partial charge in [0.15, 0.2) is 0 Å². The summed E-state index contributed by atoms with van der Waals surface area (Å²) in [6.07, 6.45) is 3.13. The molecule has 2 aromatic rings. The first-order valence-electron chi connectivity index (χ1n) is 6.54. The predicted octanol–water partition coefficient (Wildman–Crippen LogP) is 2.93. The van der Waals surface area contributed by atoms with Gasteiger partial charge < -0.3 is 15.0 Å². The van der Waals surface area contributed by atoms with E-state index in [2.05, 4.69) is 15.3 Å². The highest BCUT2D eigenvalue weighted by Gasteiger charge is 2.16. The molecule has 116 valence electrons. The van der Waals surface area contributed by atoms with E-state index < -0.39 is 0 Å². The maximum Gasteiger partial charge on any atom is 0.258 e. The van der Waals surface area contributed by atoms with Crippen LogP contribution in [-0.2, 0) is 4.74 Å². The highest BCUT2D eigenvalue weighted by atomic mass is 35.5. The summed E-state index contributed by atoms with van der Waals surface area (Å²) in [7, 11) is 0. The van der Waals surface area contributed by atoms with Crippen LogP contribution in [0.2, 0.25) is 8.67 Å². The van der Waals surface area contributed by atoms with Gasteiger partial charge in [-0.3, -0.25) is 4.79 Å². The number of halogens is 2. The maximum atomic E-state index is 12.1. The smallest absolute Gasteiger partial charge is 0.258 e. The van der Waals surface area contributed by atoms with Gasteiger partial charge in [0.2, 0.25) is 5.95 Å². The molecule has 0 aromatic carbocycles. The van der Waals surface area contributed by atoms with Crippen LogP contribution in [-0.4, -0.2) is 42.2 Å². The van der Waals surface area contributed by atoms with Gasteiger partial charge >= 0.3 is 0 Å². The van der Waals surface area contributed by atoms with Crippen LogP contribution in [0.3, 0.4) is 0 Å². The van der Waals surface area contributed by atoms with Crippen LogP contribution in [0.5, 0.6) is 0 Å². The van der Waals surface area contributed by atoms with E-state index in [9.17, 15) is 4.79 Å². The zero-order chi connectivity index (χ0) is 15.5. The molecule has 22 heavy (non-hydrogen) atoms. The average molecular weight is 359 g/mol. The second-order valence-corrected chi connectivity index (χ2v) is 6.85. The molecule has 9 heteroatoms. The van der Waals surface area contributed by atoms with Crippen molar-refractivity contribution in [2.45, 2.75) is 0 Å². The quantitative estimate of drug-likeness (QED) is 0.913. The van der Waals surface area contributed by atoms with Crippen molar-refractivity contribution in [2.24, 2.45) is 0 Å². The van der Waals surface area contributed by atoms with Crippen LogP contribution in [0.15, 0.2) is 18.5 Å². The number of morpholine rings is 1. The Morgan fingerprint density at radius 3 is 2.55 bits per heavy atom. The molecule has 3 heterocycles. The summed E-state index contributed by atoms with van der Waals surface area (Å²) in [5, 5.41) is 2.70. The first-order chi connectivity index (χ1) is 10.6. The summed E-state index contributed by atoms with van der Waals surface area (Å²) in [6.45, 7) is 2.85. The SMILES string of the molecule is O=C(Nc1cnc(N2CCOCC2)nc1)c1cc(Cl)sc1Cl. The molecule has 0 bridgehead atoms. The maximum absolute atomic E-state index is 12.1. The minimum atomic E-state index is -0.337. The van der Waals surface area contributed by atoms with Gasteiger partial charge in [-0.1, -0.05) is 23.2 Å². The number of amides is 1. The molecule has 0 atom stereocenters. The van der Waals surface area contributed by atoms with Gasteiger partial charge in [-0.05, 0) is 6.07 Å². The van der Waals surface area contributed by atoms with Crippen LogP contribution >= 0.6 is 34.5 Å². The van der Waals surface area contributed by atoms with E-state index in [1.54, 1.807) is 12.4 Å². The number of hydrogen-bond acceptors (Lipinski definition) is 6. The van der Waals surface area contributed by atoms with Gasteiger partial charge in [0, 0.05) is 13.1 Å². The molecule has 0 unspecified atom stereocenters.